The average molecular weight is 383 g/mol. The summed E-state index contributed by atoms with van der Waals surface area (Å²) in [5.41, 5.74) is 0. The molecule has 27 heavy (non-hydrogen) atoms. The highest BCUT2D eigenvalue weighted by Crippen LogP contribution is 2.17. The van der Waals surface area contributed by atoms with Gasteiger partial charge in [0.05, 0.1) is 6.61 Å². The monoisotopic (exact) mass is 382 g/mol. The van der Waals surface area contributed by atoms with Crippen LogP contribution in [0.15, 0.2) is 0 Å². The van der Waals surface area contributed by atoms with Crippen molar-refractivity contribution in [2.24, 2.45) is 0 Å². The Morgan fingerprint density at radius 1 is 1.07 bits per heavy atom. The van der Waals surface area contributed by atoms with Gasteiger partial charge in [0.2, 0.25) is 0 Å². The van der Waals surface area contributed by atoms with Crippen molar-refractivity contribution in [2.75, 3.05) is 52.9 Å². The third kappa shape index (κ3) is 7.24. The van der Waals surface area contributed by atoms with Crippen LogP contribution in [0.2, 0.25) is 0 Å². The van der Waals surface area contributed by atoms with Gasteiger partial charge in [-0.1, -0.05) is 12.8 Å². The second-order valence-electron chi connectivity index (χ2n) is 8.42. The van der Waals surface area contributed by atoms with E-state index in [1.54, 1.807) is 0 Å². The predicted octanol–water partition coefficient (Wildman–Crippen LogP) is 2.78. The Hall–Kier alpha value is -0.850. The van der Waals surface area contributed by atoms with Crippen molar-refractivity contribution < 1.29 is 9.53 Å². The van der Waals surface area contributed by atoms with Crippen LogP contribution in [0.5, 0.6) is 0 Å². The summed E-state index contributed by atoms with van der Waals surface area (Å²) in [6, 6.07) is 1.43. The van der Waals surface area contributed by atoms with Crippen molar-refractivity contribution in [3.63, 3.8) is 0 Å². The van der Waals surface area contributed by atoms with E-state index in [1.807, 2.05) is 11.8 Å². The van der Waals surface area contributed by atoms with Gasteiger partial charge in [-0.15, -0.1) is 0 Å². The van der Waals surface area contributed by atoms with E-state index < -0.39 is 0 Å². The number of piperazine rings is 1. The maximum Gasteiger partial charge on any atom is 0.410 e. The molecule has 6 nitrogen and oxygen atoms in total. The Bertz CT molecular complexity index is 428. The fourth-order valence-corrected chi connectivity index (χ4v) is 4.43. The molecule has 158 valence electrons. The first-order chi connectivity index (χ1) is 13.0. The predicted molar refractivity (Wildman–Crippen MR) is 111 cm³/mol. The number of carbonyl (C=O) groups is 1. The molecule has 0 saturated carbocycles. The molecule has 0 aromatic rings. The molecule has 0 aromatic heterocycles. The minimum atomic E-state index is -0.158. The van der Waals surface area contributed by atoms with E-state index in [0.717, 1.165) is 25.7 Å². The second-order valence-corrected chi connectivity index (χ2v) is 8.42. The molecule has 2 fully saturated rings. The van der Waals surface area contributed by atoms with Crippen LogP contribution in [0.1, 0.15) is 59.3 Å². The van der Waals surface area contributed by atoms with Gasteiger partial charge in [-0.2, -0.15) is 0 Å². The lowest BCUT2D eigenvalue weighted by molar-refractivity contribution is 0.0293. The van der Waals surface area contributed by atoms with Crippen LogP contribution in [-0.4, -0.2) is 91.8 Å². The summed E-state index contributed by atoms with van der Waals surface area (Å²) in [5, 5.41) is 3.45. The van der Waals surface area contributed by atoms with Crippen LogP contribution in [-0.2, 0) is 4.74 Å². The van der Waals surface area contributed by atoms with E-state index in [0.29, 0.717) is 12.6 Å². The van der Waals surface area contributed by atoms with Crippen molar-refractivity contribution in [3.8, 4) is 0 Å². The standard InChI is InChI=1S/C21H42N4O2/c1-5-27-21(26)25-17-18(2)24(16-19(25)3)15-9-7-6-8-14-23(4)20-10-12-22-13-11-20/h18-20,22H,5-17H2,1-4H3/t18-,19+/m0/s1. The van der Waals surface area contributed by atoms with E-state index >= 15 is 0 Å². The van der Waals surface area contributed by atoms with Crippen molar-refractivity contribution in [1.29, 1.82) is 0 Å². The number of ether oxygens (including phenoxy) is 1. The molecular formula is C21H42N4O2. The van der Waals surface area contributed by atoms with Crippen LogP contribution in [0.3, 0.4) is 0 Å². The van der Waals surface area contributed by atoms with Gasteiger partial charge >= 0.3 is 6.09 Å². The molecule has 2 heterocycles. The SMILES string of the molecule is CCOC(=O)N1C[C@H](C)N(CCCCCCN(C)C2CCNCC2)C[C@H]1C. The zero-order valence-corrected chi connectivity index (χ0v) is 18.1. The van der Waals surface area contributed by atoms with E-state index in [1.165, 1.54) is 58.2 Å². The third-order valence-electron chi connectivity index (χ3n) is 6.26. The lowest BCUT2D eigenvalue weighted by Crippen LogP contribution is -2.58. The van der Waals surface area contributed by atoms with E-state index in [-0.39, 0.29) is 12.1 Å². The summed E-state index contributed by atoms with van der Waals surface area (Å²) in [4.78, 5) is 19.0. The highest BCUT2D eigenvalue weighted by Gasteiger charge is 2.32. The van der Waals surface area contributed by atoms with Gasteiger partial charge in [0.1, 0.15) is 0 Å². The molecule has 0 unspecified atom stereocenters. The summed E-state index contributed by atoms with van der Waals surface area (Å²) in [6.45, 7) is 13.1. The molecule has 2 saturated heterocycles. The fourth-order valence-electron chi connectivity index (χ4n) is 4.43. The normalized spacial score (nSPS) is 25.1. The Kier molecular flexibility index (Phi) is 9.87. The maximum atomic E-state index is 12.0. The first kappa shape index (κ1) is 22.4. The lowest BCUT2D eigenvalue weighted by atomic mass is 10.0. The van der Waals surface area contributed by atoms with Crippen LogP contribution in [0.25, 0.3) is 0 Å². The number of nitrogens with zero attached hydrogens (tertiary/aromatic N) is 3. The first-order valence-corrected chi connectivity index (χ1v) is 11.1. The van der Waals surface area contributed by atoms with Gasteiger partial charge in [-0.3, -0.25) is 4.90 Å². The summed E-state index contributed by atoms with van der Waals surface area (Å²) < 4.78 is 5.18. The molecule has 0 radical (unpaired) electrons. The van der Waals surface area contributed by atoms with Crippen molar-refractivity contribution in [3.05, 3.63) is 0 Å². The van der Waals surface area contributed by atoms with E-state index in [4.69, 9.17) is 4.74 Å². The van der Waals surface area contributed by atoms with Gasteiger partial charge < -0.3 is 19.9 Å². The lowest BCUT2D eigenvalue weighted by Gasteiger charge is -2.43. The van der Waals surface area contributed by atoms with Gasteiger partial charge in [0, 0.05) is 31.2 Å². The van der Waals surface area contributed by atoms with Crippen LogP contribution >= 0.6 is 0 Å². The number of hydrogen-bond acceptors (Lipinski definition) is 5. The molecule has 2 atom stereocenters. The van der Waals surface area contributed by atoms with Gasteiger partial charge in [0.15, 0.2) is 0 Å². The fraction of sp³-hybridized carbons (Fsp3) is 0.952. The molecule has 2 aliphatic heterocycles. The topological polar surface area (TPSA) is 48.1 Å². The Morgan fingerprint density at radius 2 is 1.78 bits per heavy atom. The summed E-state index contributed by atoms with van der Waals surface area (Å²) >= 11 is 0. The van der Waals surface area contributed by atoms with Crippen molar-refractivity contribution in [1.82, 2.24) is 20.0 Å². The first-order valence-electron chi connectivity index (χ1n) is 11.1. The van der Waals surface area contributed by atoms with E-state index in [9.17, 15) is 4.79 Å². The third-order valence-corrected chi connectivity index (χ3v) is 6.26. The summed E-state index contributed by atoms with van der Waals surface area (Å²) in [6.07, 6.45) is 7.63. The van der Waals surface area contributed by atoms with Crippen LogP contribution in [0.4, 0.5) is 4.79 Å². The van der Waals surface area contributed by atoms with Crippen molar-refractivity contribution >= 4 is 6.09 Å². The number of amides is 1. The van der Waals surface area contributed by atoms with Gasteiger partial charge in [-0.05, 0) is 79.7 Å². The van der Waals surface area contributed by atoms with Crippen molar-refractivity contribution in [2.45, 2.75) is 77.4 Å². The number of rotatable bonds is 9. The highest BCUT2D eigenvalue weighted by molar-refractivity contribution is 5.68. The highest BCUT2D eigenvalue weighted by atomic mass is 16.6. The number of carbonyl (C=O) groups excluding carboxylic acids is 1. The molecular weight excluding hydrogens is 340 g/mol. The van der Waals surface area contributed by atoms with E-state index in [2.05, 4.69) is 36.0 Å². The van der Waals surface area contributed by atoms with Gasteiger partial charge in [-0.25, -0.2) is 4.79 Å². The summed E-state index contributed by atoms with van der Waals surface area (Å²) in [7, 11) is 2.29. The number of nitrogens with one attached hydrogen (secondary N) is 1. The molecule has 1 amide bonds. The molecule has 0 bridgehead atoms. The Labute approximate surface area is 166 Å². The Balaban J connectivity index is 1.57. The molecule has 6 heteroatoms. The second kappa shape index (κ2) is 11.9. The largest absolute Gasteiger partial charge is 0.450 e. The summed E-state index contributed by atoms with van der Waals surface area (Å²) in [5.74, 6) is 0. The quantitative estimate of drug-likeness (QED) is 0.622. The Morgan fingerprint density at radius 3 is 2.48 bits per heavy atom. The zero-order valence-electron chi connectivity index (χ0n) is 18.1. The molecule has 2 aliphatic rings. The average Bonchev–Trinajstić information content (AvgIpc) is 2.67. The van der Waals surface area contributed by atoms with Crippen LogP contribution in [0, 0.1) is 0 Å². The molecule has 1 N–H and O–H groups in total. The number of hydrogen-bond donors (Lipinski definition) is 1. The smallest absolute Gasteiger partial charge is 0.410 e. The number of piperidine rings is 1. The molecule has 0 aliphatic carbocycles. The minimum Gasteiger partial charge on any atom is -0.450 e. The zero-order chi connectivity index (χ0) is 19.6. The minimum absolute atomic E-state index is 0.158. The maximum absolute atomic E-state index is 12.0. The molecule has 2 rings (SSSR count). The molecule has 0 spiro atoms. The van der Waals surface area contributed by atoms with Crippen LogP contribution < -0.4 is 5.32 Å². The molecule has 0 aromatic carbocycles. The number of unbranched alkanes of at least 4 members (excludes halogenated alkanes) is 3. The van der Waals surface area contributed by atoms with Gasteiger partial charge in [0.25, 0.3) is 0 Å².